The van der Waals surface area contributed by atoms with E-state index in [0.717, 1.165) is 36.3 Å². The normalized spacial score (nSPS) is 27.3. The van der Waals surface area contributed by atoms with Crippen molar-refractivity contribution in [2.75, 3.05) is 7.05 Å². The molecular weight excluding hydrogens is 258 g/mol. The van der Waals surface area contributed by atoms with Gasteiger partial charge in [0.15, 0.2) is 0 Å². The van der Waals surface area contributed by atoms with Crippen LogP contribution in [0.1, 0.15) is 43.2 Å². The zero-order valence-corrected chi connectivity index (χ0v) is 12.8. The van der Waals surface area contributed by atoms with Crippen molar-refractivity contribution >= 4 is 17.2 Å². The molecule has 1 heterocycles. The summed E-state index contributed by atoms with van der Waals surface area (Å²) in [6.45, 7) is 4.64. The van der Waals surface area contributed by atoms with Crippen molar-refractivity contribution in [1.82, 2.24) is 9.88 Å². The van der Waals surface area contributed by atoms with Gasteiger partial charge in [0, 0.05) is 17.5 Å². The van der Waals surface area contributed by atoms with E-state index in [1.165, 1.54) is 0 Å². The Balaban J connectivity index is 2.04. The first kappa shape index (κ1) is 14.5. The van der Waals surface area contributed by atoms with Crippen LogP contribution in [0.2, 0.25) is 0 Å². The quantitative estimate of drug-likeness (QED) is 0.925. The lowest BCUT2D eigenvalue weighted by Gasteiger charge is -2.39. The first-order valence-corrected chi connectivity index (χ1v) is 7.72. The first-order valence-electron chi connectivity index (χ1n) is 6.84. The molecule has 0 aliphatic heterocycles. The first-order chi connectivity index (χ1) is 8.92. The van der Waals surface area contributed by atoms with Crippen molar-refractivity contribution in [3.8, 4) is 0 Å². The minimum absolute atomic E-state index is 0.0422. The van der Waals surface area contributed by atoms with E-state index in [1.807, 2.05) is 31.3 Å². The second-order valence-electron chi connectivity index (χ2n) is 5.86. The molecule has 0 bridgehead atoms. The summed E-state index contributed by atoms with van der Waals surface area (Å²) in [5, 5.41) is 0. The van der Waals surface area contributed by atoms with Gasteiger partial charge in [-0.05, 0) is 26.7 Å². The average molecular weight is 281 g/mol. The van der Waals surface area contributed by atoms with Crippen LogP contribution >= 0.6 is 11.3 Å². The Labute approximate surface area is 119 Å². The SMILES string of the molecule is Cc1ncsc1CN(C)C(=O)C1CCCCC1(C)N. The maximum absolute atomic E-state index is 12.6. The van der Waals surface area contributed by atoms with Crippen molar-refractivity contribution in [2.24, 2.45) is 11.7 Å². The van der Waals surface area contributed by atoms with Gasteiger partial charge in [0.05, 0.1) is 23.7 Å². The Morgan fingerprint density at radius 3 is 2.95 bits per heavy atom. The number of hydrogen-bond acceptors (Lipinski definition) is 4. The minimum atomic E-state index is -0.355. The average Bonchev–Trinajstić information content (AvgIpc) is 2.73. The molecule has 2 N–H and O–H groups in total. The third kappa shape index (κ3) is 3.15. The molecule has 2 atom stereocenters. The molecule has 1 fully saturated rings. The third-order valence-corrected chi connectivity index (χ3v) is 5.07. The van der Waals surface area contributed by atoms with Crippen LogP contribution in [0.4, 0.5) is 0 Å². The Morgan fingerprint density at radius 1 is 1.63 bits per heavy atom. The maximum Gasteiger partial charge on any atom is 0.227 e. The number of hydrogen-bond donors (Lipinski definition) is 1. The van der Waals surface area contributed by atoms with Gasteiger partial charge in [-0.3, -0.25) is 4.79 Å². The standard InChI is InChI=1S/C14H23N3OS/c1-10-12(19-9-16-10)8-17(3)13(18)11-6-4-5-7-14(11,2)15/h9,11H,4-8,15H2,1-3H3. The van der Waals surface area contributed by atoms with Gasteiger partial charge in [0.25, 0.3) is 0 Å². The summed E-state index contributed by atoms with van der Waals surface area (Å²) in [6, 6.07) is 0. The number of carbonyl (C=O) groups excluding carboxylic acids is 1. The summed E-state index contributed by atoms with van der Waals surface area (Å²) < 4.78 is 0. The summed E-state index contributed by atoms with van der Waals surface area (Å²) >= 11 is 1.61. The van der Waals surface area contributed by atoms with Gasteiger partial charge in [-0.15, -0.1) is 11.3 Å². The molecule has 1 saturated carbocycles. The molecule has 1 aromatic heterocycles. The number of carbonyl (C=O) groups is 1. The zero-order valence-electron chi connectivity index (χ0n) is 12.0. The van der Waals surface area contributed by atoms with Crippen molar-refractivity contribution in [2.45, 2.75) is 51.6 Å². The number of nitrogens with two attached hydrogens (primary N) is 1. The predicted octanol–water partition coefficient (Wildman–Crippen LogP) is 2.32. The number of aryl methyl sites for hydroxylation is 1. The Hall–Kier alpha value is -0.940. The molecule has 1 aromatic rings. The topological polar surface area (TPSA) is 59.2 Å². The highest BCUT2D eigenvalue weighted by Gasteiger charge is 2.39. The van der Waals surface area contributed by atoms with Gasteiger partial charge >= 0.3 is 0 Å². The minimum Gasteiger partial charge on any atom is -0.340 e. The Bertz CT molecular complexity index is 455. The highest BCUT2D eigenvalue weighted by molar-refractivity contribution is 7.09. The summed E-state index contributed by atoms with van der Waals surface area (Å²) in [4.78, 5) is 19.8. The van der Waals surface area contributed by atoms with Gasteiger partial charge in [0.2, 0.25) is 5.91 Å². The summed E-state index contributed by atoms with van der Waals surface area (Å²) in [7, 11) is 1.87. The molecule has 1 aliphatic rings. The fourth-order valence-corrected chi connectivity index (χ4v) is 3.63. The van der Waals surface area contributed by atoms with Crippen LogP contribution in [-0.2, 0) is 11.3 Å². The second-order valence-corrected chi connectivity index (χ2v) is 6.80. The molecular formula is C14H23N3OS. The summed E-state index contributed by atoms with van der Waals surface area (Å²) in [5.41, 5.74) is 8.80. The van der Waals surface area contributed by atoms with Crippen LogP contribution in [0.3, 0.4) is 0 Å². The zero-order chi connectivity index (χ0) is 14.0. The fourth-order valence-electron chi connectivity index (χ4n) is 2.80. The van der Waals surface area contributed by atoms with E-state index in [9.17, 15) is 4.79 Å². The largest absolute Gasteiger partial charge is 0.340 e. The number of rotatable bonds is 3. The Morgan fingerprint density at radius 2 is 2.37 bits per heavy atom. The molecule has 1 aliphatic carbocycles. The highest BCUT2D eigenvalue weighted by atomic mass is 32.1. The number of nitrogens with zero attached hydrogens (tertiary/aromatic N) is 2. The van der Waals surface area contributed by atoms with Gasteiger partial charge in [-0.1, -0.05) is 12.8 Å². The number of aromatic nitrogens is 1. The Kier molecular flexibility index (Phi) is 4.26. The van der Waals surface area contributed by atoms with E-state index in [2.05, 4.69) is 4.98 Å². The van der Waals surface area contributed by atoms with E-state index >= 15 is 0 Å². The molecule has 19 heavy (non-hydrogen) atoms. The van der Waals surface area contributed by atoms with Crippen molar-refractivity contribution in [3.63, 3.8) is 0 Å². The molecule has 5 heteroatoms. The van der Waals surface area contributed by atoms with E-state index in [4.69, 9.17) is 5.73 Å². The van der Waals surface area contributed by atoms with Gasteiger partial charge in [-0.25, -0.2) is 4.98 Å². The van der Waals surface area contributed by atoms with Crippen LogP contribution in [0.25, 0.3) is 0 Å². The molecule has 0 spiro atoms. The summed E-state index contributed by atoms with van der Waals surface area (Å²) in [6.07, 6.45) is 4.10. The molecule has 0 aromatic carbocycles. The summed E-state index contributed by atoms with van der Waals surface area (Å²) in [5.74, 6) is 0.136. The number of thiazole rings is 1. The molecule has 1 amide bonds. The monoisotopic (exact) mass is 281 g/mol. The van der Waals surface area contributed by atoms with Crippen molar-refractivity contribution < 1.29 is 4.79 Å². The predicted molar refractivity (Wildman–Crippen MR) is 77.9 cm³/mol. The van der Waals surface area contributed by atoms with Crippen LogP contribution < -0.4 is 5.73 Å². The molecule has 2 rings (SSSR count). The second kappa shape index (κ2) is 5.59. The van der Waals surface area contributed by atoms with E-state index in [1.54, 1.807) is 11.3 Å². The smallest absolute Gasteiger partial charge is 0.227 e. The van der Waals surface area contributed by atoms with Crippen molar-refractivity contribution in [3.05, 3.63) is 16.1 Å². The van der Waals surface area contributed by atoms with Gasteiger partial charge < -0.3 is 10.6 Å². The molecule has 2 unspecified atom stereocenters. The lowest BCUT2D eigenvalue weighted by molar-refractivity contribution is -0.138. The third-order valence-electron chi connectivity index (χ3n) is 4.15. The highest BCUT2D eigenvalue weighted by Crippen LogP contribution is 2.33. The molecule has 0 radical (unpaired) electrons. The molecule has 4 nitrogen and oxygen atoms in total. The van der Waals surface area contributed by atoms with Crippen LogP contribution in [-0.4, -0.2) is 28.4 Å². The molecule has 0 saturated heterocycles. The van der Waals surface area contributed by atoms with Crippen molar-refractivity contribution in [1.29, 1.82) is 0 Å². The fraction of sp³-hybridized carbons (Fsp3) is 0.714. The maximum atomic E-state index is 12.6. The molecule has 106 valence electrons. The van der Waals surface area contributed by atoms with Crippen LogP contribution in [0, 0.1) is 12.8 Å². The lowest BCUT2D eigenvalue weighted by Crippen LogP contribution is -2.52. The van der Waals surface area contributed by atoms with E-state index in [-0.39, 0.29) is 17.4 Å². The van der Waals surface area contributed by atoms with Gasteiger partial charge in [0.1, 0.15) is 0 Å². The number of amides is 1. The van der Waals surface area contributed by atoms with Crippen LogP contribution in [0.15, 0.2) is 5.51 Å². The lowest BCUT2D eigenvalue weighted by atomic mass is 9.74. The van der Waals surface area contributed by atoms with Gasteiger partial charge in [-0.2, -0.15) is 0 Å². The van der Waals surface area contributed by atoms with E-state index < -0.39 is 0 Å². The van der Waals surface area contributed by atoms with Crippen LogP contribution in [0.5, 0.6) is 0 Å². The van der Waals surface area contributed by atoms with E-state index in [0.29, 0.717) is 6.54 Å².